The van der Waals surface area contributed by atoms with Crippen LogP contribution < -0.4 is 11.1 Å². The number of hydrogen-bond acceptors (Lipinski definition) is 4. The highest BCUT2D eigenvalue weighted by atomic mass is 15.2. The van der Waals surface area contributed by atoms with E-state index in [9.17, 15) is 0 Å². The van der Waals surface area contributed by atoms with Crippen molar-refractivity contribution in [2.45, 2.75) is 57.9 Å². The van der Waals surface area contributed by atoms with Crippen molar-refractivity contribution in [3.05, 3.63) is 59.6 Å². The summed E-state index contributed by atoms with van der Waals surface area (Å²) in [5, 5.41) is 3.48. The second-order valence-electron chi connectivity index (χ2n) is 8.04. The molecular formula is C24H37N5. The minimum Gasteiger partial charge on any atom is -0.405 e. The Labute approximate surface area is 176 Å². The van der Waals surface area contributed by atoms with E-state index < -0.39 is 0 Å². The lowest BCUT2D eigenvalue weighted by Crippen LogP contribution is -2.42. The number of nitrogens with zero attached hydrogens (tertiary/aromatic N) is 3. The van der Waals surface area contributed by atoms with Crippen molar-refractivity contribution in [3.8, 4) is 0 Å². The van der Waals surface area contributed by atoms with Crippen LogP contribution in [0.25, 0.3) is 0 Å². The number of likely N-dealkylation sites (tertiary alicyclic amines) is 1. The minimum atomic E-state index is 0.267. The van der Waals surface area contributed by atoms with E-state index in [-0.39, 0.29) is 5.54 Å². The smallest absolute Gasteiger partial charge is 0.126 e. The zero-order valence-electron chi connectivity index (χ0n) is 18.1. The molecule has 1 heterocycles. The van der Waals surface area contributed by atoms with Crippen molar-refractivity contribution in [1.29, 1.82) is 0 Å². The zero-order chi connectivity index (χ0) is 21.0. The molecule has 5 nitrogen and oxygen atoms in total. The first kappa shape index (κ1) is 22.9. The molecule has 2 rings (SSSR count). The summed E-state index contributed by atoms with van der Waals surface area (Å²) < 4.78 is 0. The molecule has 1 unspecified atom stereocenters. The summed E-state index contributed by atoms with van der Waals surface area (Å²) >= 11 is 0. The third-order valence-corrected chi connectivity index (χ3v) is 5.77. The van der Waals surface area contributed by atoms with E-state index in [4.69, 9.17) is 5.73 Å². The van der Waals surface area contributed by atoms with Gasteiger partial charge in [0.1, 0.15) is 12.2 Å². The summed E-state index contributed by atoms with van der Waals surface area (Å²) in [5.41, 5.74) is 8.30. The molecular weight excluding hydrogens is 358 g/mol. The van der Waals surface area contributed by atoms with Crippen molar-refractivity contribution in [1.82, 2.24) is 10.2 Å². The number of aliphatic imine (C=N–C) groups is 2. The first-order chi connectivity index (χ1) is 14.1. The molecule has 1 aliphatic heterocycles. The molecule has 0 saturated carbocycles. The topological polar surface area (TPSA) is 66.0 Å². The highest BCUT2D eigenvalue weighted by Crippen LogP contribution is 2.33. The maximum atomic E-state index is 5.47. The van der Waals surface area contributed by atoms with Crippen LogP contribution in [0, 0.1) is 0 Å². The molecule has 0 bridgehead atoms. The third kappa shape index (κ3) is 7.50. The van der Waals surface area contributed by atoms with Crippen LogP contribution in [0.5, 0.6) is 0 Å². The Morgan fingerprint density at radius 2 is 2.28 bits per heavy atom. The minimum absolute atomic E-state index is 0.267. The molecule has 1 fully saturated rings. The molecule has 158 valence electrons. The molecule has 0 aromatic carbocycles. The molecule has 1 aliphatic carbocycles. The van der Waals surface area contributed by atoms with E-state index in [2.05, 4.69) is 71.1 Å². The Morgan fingerprint density at radius 3 is 3.07 bits per heavy atom. The maximum Gasteiger partial charge on any atom is 0.126 e. The van der Waals surface area contributed by atoms with Gasteiger partial charge in [-0.1, -0.05) is 36.5 Å². The molecule has 0 amide bonds. The fraction of sp³-hybridized carbons (Fsp3) is 0.500. The first-order valence-electron chi connectivity index (χ1n) is 10.6. The summed E-state index contributed by atoms with van der Waals surface area (Å²) in [5.74, 6) is 0.866. The molecule has 0 spiro atoms. The van der Waals surface area contributed by atoms with Crippen LogP contribution in [0.1, 0.15) is 52.4 Å². The van der Waals surface area contributed by atoms with Gasteiger partial charge in [0.25, 0.3) is 0 Å². The lowest BCUT2D eigenvalue weighted by atomic mass is 9.92. The van der Waals surface area contributed by atoms with E-state index in [0.717, 1.165) is 43.7 Å². The number of allylic oxidation sites excluding steroid dienone is 6. The lowest BCUT2D eigenvalue weighted by molar-refractivity contribution is 0.156. The molecule has 0 radical (unpaired) electrons. The molecule has 5 heteroatoms. The standard InChI is InChI=1S/C24H37N5/c1-21(11-8-16-25)23(28-20-26-3)27-17-9-14-24(2)15-10-18-29(24)19-22-12-6-4-5-7-13-22/h4-6,8,12-13,16,20,27H,3,7,9-11,14-15,17-19,25H2,1-2H3/b16-8-,23-21+,28-20?. The van der Waals surface area contributed by atoms with Crippen LogP contribution in [0.2, 0.25) is 0 Å². The summed E-state index contributed by atoms with van der Waals surface area (Å²) in [6.45, 7) is 11.1. The van der Waals surface area contributed by atoms with E-state index in [1.165, 1.54) is 37.7 Å². The van der Waals surface area contributed by atoms with Gasteiger partial charge in [-0.3, -0.25) is 9.89 Å². The Kier molecular flexibility index (Phi) is 9.65. The number of nitrogens with one attached hydrogen (secondary N) is 1. The lowest BCUT2D eigenvalue weighted by Gasteiger charge is -2.36. The van der Waals surface area contributed by atoms with Crippen molar-refractivity contribution >= 4 is 13.1 Å². The predicted octanol–water partition coefficient (Wildman–Crippen LogP) is 4.48. The monoisotopic (exact) mass is 395 g/mol. The van der Waals surface area contributed by atoms with Gasteiger partial charge in [0.05, 0.1) is 0 Å². The van der Waals surface area contributed by atoms with Crippen LogP contribution in [0.3, 0.4) is 0 Å². The van der Waals surface area contributed by atoms with Crippen LogP contribution in [-0.4, -0.2) is 43.1 Å². The second kappa shape index (κ2) is 12.2. The van der Waals surface area contributed by atoms with Gasteiger partial charge in [-0.2, -0.15) is 0 Å². The molecule has 2 aliphatic rings. The first-order valence-corrected chi connectivity index (χ1v) is 10.6. The van der Waals surface area contributed by atoms with E-state index in [0.29, 0.717) is 0 Å². The van der Waals surface area contributed by atoms with Crippen LogP contribution in [0.4, 0.5) is 0 Å². The van der Waals surface area contributed by atoms with Gasteiger partial charge in [-0.15, -0.1) is 0 Å². The number of rotatable bonds is 11. The van der Waals surface area contributed by atoms with E-state index in [1.54, 1.807) is 6.20 Å². The van der Waals surface area contributed by atoms with Gasteiger partial charge < -0.3 is 11.1 Å². The largest absolute Gasteiger partial charge is 0.405 e. The fourth-order valence-corrected chi connectivity index (χ4v) is 4.02. The summed E-state index contributed by atoms with van der Waals surface area (Å²) in [4.78, 5) is 10.8. The molecule has 0 aromatic rings. The summed E-state index contributed by atoms with van der Waals surface area (Å²) in [6.07, 6.45) is 22.7. The van der Waals surface area contributed by atoms with Crippen molar-refractivity contribution < 1.29 is 0 Å². The maximum absolute atomic E-state index is 5.47. The van der Waals surface area contributed by atoms with Crippen LogP contribution in [0.15, 0.2) is 69.6 Å². The molecule has 29 heavy (non-hydrogen) atoms. The molecule has 0 aromatic heterocycles. The molecule has 1 saturated heterocycles. The highest BCUT2D eigenvalue weighted by Gasteiger charge is 2.35. The average molecular weight is 396 g/mol. The van der Waals surface area contributed by atoms with Crippen molar-refractivity contribution in [3.63, 3.8) is 0 Å². The predicted molar refractivity (Wildman–Crippen MR) is 126 cm³/mol. The van der Waals surface area contributed by atoms with Crippen molar-refractivity contribution in [2.75, 3.05) is 19.6 Å². The Balaban J connectivity index is 1.88. The molecule has 1 atom stereocenters. The zero-order valence-corrected chi connectivity index (χ0v) is 18.1. The third-order valence-electron chi connectivity index (χ3n) is 5.77. The van der Waals surface area contributed by atoms with Crippen molar-refractivity contribution in [2.24, 2.45) is 15.7 Å². The van der Waals surface area contributed by atoms with Crippen LogP contribution >= 0.6 is 0 Å². The van der Waals surface area contributed by atoms with Gasteiger partial charge in [-0.05, 0) is 83.0 Å². The van der Waals surface area contributed by atoms with Gasteiger partial charge in [0.15, 0.2) is 0 Å². The second-order valence-corrected chi connectivity index (χ2v) is 8.04. The van der Waals surface area contributed by atoms with Gasteiger partial charge >= 0.3 is 0 Å². The summed E-state index contributed by atoms with van der Waals surface area (Å²) in [7, 11) is 0. The Hall–Kier alpha value is -2.40. The Bertz CT molecular complexity index is 711. The summed E-state index contributed by atoms with van der Waals surface area (Å²) in [6, 6.07) is 0. The normalized spacial score (nSPS) is 23.4. The molecule has 3 N–H and O–H groups in total. The quantitative estimate of drug-likeness (QED) is 0.308. The fourth-order valence-electron chi connectivity index (χ4n) is 4.02. The van der Waals surface area contributed by atoms with Gasteiger partial charge in [0, 0.05) is 18.6 Å². The van der Waals surface area contributed by atoms with E-state index >= 15 is 0 Å². The van der Waals surface area contributed by atoms with Gasteiger partial charge in [0.2, 0.25) is 0 Å². The average Bonchev–Trinajstić information content (AvgIpc) is 2.91. The number of nitrogens with two attached hydrogens (primary N) is 1. The highest BCUT2D eigenvalue weighted by molar-refractivity contribution is 5.63. The van der Waals surface area contributed by atoms with E-state index in [1.807, 2.05) is 6.08 Å². The van der Waals surface area contributed by atoms with Crippen LogP contribution in [-0.2, 0) is 0 Å². The van der Waals surface area contributed by atoms with Gasteiger partial charge in [-0.25, -0.2) is 4.99 Å². The Morgan fingerprint density at radius 1 is 1.41 bits per heavy atom. The number of hydrogen-bond donors (Lipinski definition) is 2. The SMILES string of the molecule is C=NC=N/C(NCCCC1(C)CCCN1CC1=CCC=CC=C1)=C(\C)C/C=C\N.